The van der Waals surface area contributed by atoms with E-state index in [1.54, 1.807) is 11.3 Å². The summed E-state index contributed by atoms with van der Waals surface area (Å²) < 4.78 is 0.988. The Morgan fingerprint density at radius 1 is 1.00 bits per heavy atom. The maximum atomic E-state index is 12.6. The fourth-order valence-corrected chi connectivity index (χ4v) is 4.71. The van der Waals surface area contributed by atoms with Crippen LogP contribution in [0.1, 0.15) is 32.1 Å². The molecule has 0 aliphatic rings. The van der Waals surface area contributed by atoms with Crippen LogP contribution in [0.15, 0.2) is 65.6 Å². The Bertz CT molecular complexity index is 1200. The fraction of sp³-hybridized carbons (Fsp3) is 0.0833. The van der Waals surface area contributed by atoms with Crippen LogP contribution < -0.4 is 0 Å². The van der Waals surface area contributed by atoms with Crippen LogP contribution in [0, 0.1) is 13.8 Å². The highest BCUT2D eigenvalue weighted by Crippen LogP contribution is 2.29. The van der Waals surface area contributed by atoms with Crippen molar-refractivity contribution in [1.82, 2.24) is 4.98 Å². The van der Waals surface area contributed by atoms with Crippen molar-refractivity contribution in [3.63, 3.8) is 0 Å². The number of rotatable bonds is 4. The molecule has 1 aromatic heterocycles. The first-order valence-electron chi connectivity index (χ1n) is 9.16. The van der Waals surface area contributed by atoms with Gasteiger partial charge < -0.3 is 5.11 Å². The Morgan fingerprint density at radius 3 is 2.45 bits per heavy atom. The van der Waals surface area contributed by atoms with E-state index in [-0.39, 0.29) is 5.12 Å². The third-order valence-electron chi connectivity index (χ3n) is 4.53. The molecule has 0 bridgehead atoms. The minimum atomic E-state index is 0.0265. The van der Waals surface area contributed by atoms with Crippen LogP contribution in [-0.2, 0) is 0 Å². The Balaban J connectivity index is 1.56. The number of thioether (sulfide) groups is 1. The number of aryl methyl sites for hydroxylation is 2. The van der Waals surface area contributed by atoms with E-state index >= 15 is 0 Å². The van der Waals surface area contributed by atoms with Crippen molar-refractivity contribution >= 4 is 50.6 Å². The average molecular weight is 418 g/mol. The second kappa shape index (κ2) is 8.23. The first-order chi connectivity index (χ1) is 14.0. The smallest absolute Gasteiger partial charge is 0.224 e. The van der Waals surface area contributed by atoms with Crippen molar-refractivity contribution in [2.75, 3.05) is 0 Å². The summed E-state index contributed by atoms with van der Waals surface area (Å²) in [4.78, 5) is 18.2. The van der Waals surface area contributed by atoms with Gasteiger partial charge in [0.15, 0.2) is 0 Å². The van der Waals surface area contributed by atoms with E-state index in [1.807, 2.05) is 86.7 Å². The molecule has 0 aliphatic heterocycles. The summed E-state index contributed by atoms with van der Waals surface area (Å²) >= 11 is 2.79. The number of hydrogen-bond acceptors (Lipinski definition) is 5. The molecule has 3 aromatic carbocycles. The first-order valence-corrected chi connectivity index (χ1v) is 10.8. The van der Waals surface area contributed by atoms with Gasteiger partial charge in [0, 0.05) is 10.5 Å². The standard InChI is InChI=1S/C24H19NO2S2/c1-15-12-17(13-16(2)23(15)26)8-11-22-25-20-10-9-18(14-21(20)29-22)24(27)28-19-6-4-3-5-7-19/h3-14,26H,1-2H3/b11-8+. The van der Waals surface area contributed by atoms with Gasteiger partial charge in [-0.25, -0.2) is 4.98 Å². The highest BCUT2D eigenvalue weighted by atomic mass is 32.2. The Labute approximate surface area is 177 Å². The molecule has 144 valence electrons. The number of aromatic hydroxyl groups is 1. The molecular formula is C24H19NO2S2. The number of benzene rings is 3. The lowest BCUT2D eigenvalue weighted by atomic mass is 10.1. The highest BCUT2D eigenvalue weighted by molar-refractivity contribution is 8.14. The maximum absolute atomic E-state index is 12.6. The lowest BCUT2D eigenvalue weighted by Crippen LogP contribution is -1.92. The summed E-state index contributed by atoms with van der Waals surface area (Å²) in [6, 6.07) is 19.2. The lowest BCUT2D eigenvalue weighted by molar-refractivity contribution is 0.108. The summed E-state index contributed by atoms with van der Waals surface area (Å²) in [6.45, 7) is 3.78. The normalized spacial score (nSPS) is 11.4. The van der Waals surface area contributed by atoms with Gasteiger partial charge in [-0.1, -0.05) is 24.3 Å². The molecule has 1 N–H and O–H groups in total. The van der Waals surface area contributed by atoms with Crippen LogP contribution in [0.2, 0.25) is 0 Å². The topological polar surface area (TPSA) is 50.2 Å². The van der Waals surface area contributed by atoms with Gasteiger partial charge in [-0.2, -0.15) is 0 Å². The van der Waals surface area contributed by atoms with E-state index in [1.165, 1.54) is 11.8 Å². The maximum Gasteiger partial charge on any atom is 0.224 e. The van der Waals surface area contributed by atoms with Crippen molar-refractivity contribution in [1.29, 1.82) is 0 Å². The molecule has 0 saturated carbocycles. The van der Waals surface area contributed by atoms with E-state index < -0.39 is 0 Å². The quantitative estimate of drug-likeness (QED) is 0.374. The van der Waals surface area contributed by atoms with Crippen molar-refractivity contribution < 1.29 is 9.90 Å². The SMILES string of the molecule is Cc1cc(/C=C/c2nc3ccc(C(=O)Sc4ccccc4)cc3s2)cc(C)c1O. The van der Waals surface area contributed by atoms with Crippen LogP contribution in [-0.4, -0.2) is 15.2 Å². The molecule has 0 unspecified atom stereocenters. The van der Waals surface area contributed by atoms with Crippen LogP contribution in [0.5, 0.6) is 5.75 Å². The Morgan fingerprint density at radius 2 is 1.72 bits per heavy atom. The van der Waals surface area contributed by atoms with E-state index in [4.69, 9.17) is 0 Å². The molecule has 0 fully saturated rings. The Kier molecular flexibility index (Phi) is 5.51. The van der Waals surface area contributed by atoms with Crippen LogP contribution >= 0.6 is 23.1 Å². The summed E-state index contributed by atoms with van der Waals surface area (Å²) in [5, 5.41) is 10.8. The second-order valence-electron chi connectivity index (χ2n) is 6.77. The van der Waals surface area contributed by atoms with Crippen molar-refractivity contribution in [2.45, 2.75) is 18.7 Å². The van der Waals surface area contributed by atoms with Crippen molar-refractivity contribution in [3.05, 3.63) is 87.9 Å². The lowest BCUT2D eigenvalue weighted by Gasteiger charge is -2.04. The summed E-state index contributed by atoms with van der Waals surface area (Å²) in [5.41, 5.74) is 4.29. The zero-order chi connectivity index (χ0) is 20.4. The zero-order valence-corrected chi connectivity index (χ0v) is 17.7. The number of thiazole rings is 1. The summed E-state index contributed by atoms with van der Waals surface area (Å²) in [6.07, 6.45) is 3.96. The minimum absolute atomic E-state index is 0.0265. The number of phenols is 1. The molecule has 3 nitrogen and oxygen atoms in total. The van der Waals surface area contributed by atoms with E-state index in [9.17, 15) is 9.90 Å². The molecular weight excluding hydrogens is 398 g/mol. The number of fused-ring (bicyclic) bond motifs is 1. The van der Waals surface area contributed by atoms with Gasteiger partial charge in [-0.05, 0) is 90.8 Å². The summed E-state index contributed by atoms with van der Waals surface area (Å²) in [5.74, 6) is 0.340. The largest absolute Gasteiger partial charge is 0.507 e. The van der Waals surface area contributed by atoms with E-state index in [2.05, 4.69) is 4.98 Å². The molecule has 0 saturated heterocycles. The van der Waals surface area contributed by atoms with Crippen molar-refractivity contribution in [2.24, 2.45) is 0 Å². The zero-order valence-electron chi connectivity index (χ0n) is 16.0. The molecule has 0 amide bonds. The predicted molar refractivity (Wildman–Crippen MR) is 123 cm³/mol. The molecule has 0 radical (unpaired) electrons. The number of phenolic OH excluding ortho intramolecular Hbond substituents is 1. The highest BCUT2D eigenvalue weighted by Gasteiger charge is 2.11. The molecule has 0 aliphatic carbocycles. The predicted octanol–water partition coefficient (Wildman–Crippen LogP) is 6.72. The van der Waals surface area contributed by atoms with Crippen LogP contribution in [0.25, 0.3) is 22.4 Å². The summed E-state index contributed by atoms with van der Waals surface area (Å²) in [7, 11) is 0. The molecule has 4 rings (SSSR count). The molecule has 4 aromatic rings. The third-order valence-corrected chi connectivity index (χ3v) is 6.44. The van der Waals surface area contributed by atoms with E-state index in [0.29, 0.717) is 11.3 Å². The van der Waals surface area contributed by atoms with Gasteiger partial charge in [0.2, 0.25) is 5.12 Å². The number of nitrogens with zero attached hydrogens (tertiary/aromatic N) is 1. The number of carbonyl (C=O) groups excluding carboxylic acids is 1. The van der Waals surface area contributed by atoms with Gasteiger partial charge in [0.25, 0.3) is 0 Å². The fourth-order valence-electron chi connectivity index (χ4n) is 3.05. The molecule has 29 heavy (non-hydrogen) atoms. The van der Waals surface area contributed by atoms with Crippen LogP contribution in [0.4, 0.5) is 0 Å². The Hall–Kier alpha value is -2.89. The van der Waals surface area contributed by atoms with Crippen molar-refractivity contribution in [3.8, 4) is 5.75 Å². The van der Waals surface area contributed by atoms with Crippen LogP contribution in [0.3, 0.4) is 0 Å². The van der Waals surface area contributed by atoms with Gasteiger partial charge in [0.1, 0.15) is 10.8 Å². The number of aromatic nitrogens is 1. The monoisotopic (exact) mass is 417 g/mol. The molecule has 0 atom stereocenters. The molecule has 0 spiro atoms. The second-order valence-corrected chi connectivity index (χ2v) is 8.88. The van der Waals surface area contributed by atoms with Gasteiger partial charge in [-0.15, -0.1) is 11.3 Å². The number of hydrogen-bond donors (Lipinski definition) is 1. The van der Waals surface area contributed by atoms with Gasteiger partial charge >= 0.3 is 0 Å². The molecule has 5 heteroatoms. The first kappa shape index (κ1) is 19.4. The third kappa shape index (κ3) is 4.42. The van der Waals surface area contributed by atoms with Gasteiger partial charge in [0.05, 0.1) is 10.2 Å². The van der Waals surface area contributed by atoms with Gasteiger partial charge in [-0.3, -0.25) is 4.79 Å². The minimum Gasteiger partial charge on any atom is -0.507 e. The van der Waals surface area contributed by atoms with E-state index in [0.717, 1.165) is 36.8 Å². The average Bonchev–Trinajstić information content (AvgIpc) is 3.13. The number of carbonyl (C=O) groups is 1. The molecule has 1 heterocycles.